The molecule has 6 heteroatoms. The number of hydrogen-bond donors (Lipinski definition) is 0. The van der Waals surface area contributed by atoms with Crippen molar-refractivity contribution in [2.75, 3.05) is 45.2 Å². The summed E-state index contributed by atoms with van der Waals surface area (Å²) in [5, 5.41) is 10.6. The second-order valence-electron chi connectivity index (χ2n) is 6.76. The third kappa shape index (κ3) is 3.10. The molecular formula is C19H23N5O. The quantitative estimate of drug-likeness (QED) is 0.802. The molecule has 2 aromatic rings. The van der Waals surface area contributed by atoms with Crippen molar-refractivity contribution in [2.45, 2.75) is 13.8 Å². The van der Waals surface area contributed by atoms with Crippen LogP contribution in [0.1, 0.15) is 16.7 Å². The van der Waals surface area contributed by atoms with Crippen molar-refractivity contribution in [1.82, 2.24) is 14.8 Å². The van der Waals surface area contributed by atoms with Crippen molar-refractivity contribution >= 4 is 22.6 Å². The molecule has 2 heterocycles. The summed E-state index contributed by atoms with van der Waals surface area (Å²) in [5.74, 6) is 0. The van der Waals surface area contributed by atoms with Gasteiger partial charge in [-0.15, -0.1) is 0 Å². The molecule has 2 amide bonds. The topological polar surface area (TPSA) is 63.5 Å². The van der Waals surface area contributed by atoms with E-state index in [1.165, 1.54) is 0 Å². The summed E-state index contributed by atoms with van der Waals surface area (Å²) >= 11 is 0. The van der Waals surface area contributed by atoms with E-state index in [0.717, 1.165) is 27.7 Å². The molecule has 1 aromatic carbocycles. The molecular weight excluding hydrogens is 314 g/mol. The fourth-order valence-corrected chi connectivity index (χ4v) is 3.47. The minimum Gasteiger partial charge on any atom is -0.366 e. The van der Waals surface area contributed by atoms with Gasteiger partial charge in [-0.2, -0.15) is 5.26 Å². The number of benzene rings is 1. The largest absolute Gasteiger partial charge is 0.366 e. The summed E-state index contributed by atoms with van der Waals surface area (Å²) in [6.07, 6.45) is 1.66. The first-order valence-corrected chi connectivity index (χ1v) is 8.43. The van der Waals surface area contributed by atoms with Gasteiger partial charge in [-0.25, -0.2) is 4.79 Å². The molecule has 0 bridgehead atoms. The monoisotopic (exact) mass is 337 g/mol. The Bertz CT molecular complexity index is 860. The first-order chi connectivity index (χ1) is 11.9. The van der Waals surface area contributed by atoms with Crippen LogP contribution in [0.4, 0.5) is 10.5 Å². The molecule has 130 valence electrons. The Kier molecular flexibility index (Phi) is 4.49. The number of nitrogens with zero attached hydrogens (tertiary/aromatic N) is 5. The first-order valence-electron chi connectivity index (χ1n) is 8.43. The first kappa shape index (κ1) is 17.0. The molecule has 3 rings (SSSR count). The van der Waals surface area contributed by atoms with Gasteiger partial charge in [-0.05, 0) is 25.5 Å². The number of carbonyl (C=O) groups is 1. The number of hydrogen-bond acceptors (Lipinski definition) is 4. The van der Waals surface area contributed by atoms with Crippen molar-refractivity contribution < 1.29 is 4.79 Å². The van der Waals surface area contributed by atoms with Crippen LogP contribution in [0.25, 0.3) is 10.9 Å². The van der Waals surface area contributed by atoms with Gasteiger partial charge in [0, 0.05) is 51.9 Å². The van der Waals surface area contributed by atoms with Gasteiger partial charge in [0.15, 0.2) is 0 Å². The molecule has 1 aromatic heterocycles. The number of urea groups is 1. The van der Waals surface area contributed by atoms with Crippen LogP contribution in [0.2, 0.25) is 0 Å². The lowest BCUT2D eigenvalue weighted by molar-refractivity contribution is 0.168. The molecule has 0 N–H and O–H groups in total. The van der Waals surface area contributed by atoms with Crippen LogP contribution in [-0.2, 0) is 0 Å². The molecule has 1 fully saturated rings. The van der Waals surface area contributed by atoms with Crippen LogP contribution in [0, 0.1) is 25.2 Å². The minimum atomic E-state index is 0.0337. The van der Waals surface area contributed by atoms with Gasteiger partial charge in [0.2, 0.25) is 0 Å². The van der Waals surface area contributed by atoms with Gasteiger partial charge >= 0.3 is 6.03 Å². The Hall–Kier alpha value is -2.81. The molecule has 1 saturated heterocycles. The lowest BCUT2D eigenvalue weighted by Crippen LogP contribution is -2.51. The summed E-state index contributed by atoms with van der Waals surface area (Å²) in [6.45, 7) is 6.82. The van der Waals surface area contributed by atoms with E-state index in [0.29, 0.717) is 31.7 Å². The van der Waals surface area contributed by atoms with Crippen LogP contribution in [0.15, 0.2) is 18.3 Å². The van der Waals surface area contributed by atoms with Crippen LogP contribution in [0.5, 0.6) is 0 Å². The van der Waals surface area contributed by atoms with Crippen molar-refractivity contribution in [3.05, 3.63) is 35.0 Å². The number of fused-ring (bicyclic) bond motifs is 1. The highest BCUT2D eigenvalue weighted by atomic mass is 16.2. The third-order valence-electron chi connectivity index (χ3n) is 4.65. The average molecular weight is 337 g/mol. The molecule has 1 aliphatic heterocycles. The fraction of sp³-hybridized carbons (Fsp3) is 0.421. The zero-order valence-electron chi connectivity index (χ0n) is 15.2. The summed E-state index contributed by atoms with van der Waals surface area (Å²) in [4.78, 5) is 22.3. The standard InChI is InChI=1S/C19H23N5O/c1-13-9-14(2)17-16(10-13)18(15(11-20)12-21-17)23-5-7-24(8-6-23)19(25)22(3)4/h9-10,12H,5-8H2,1-4H3. The Balaban J connectivity index is 1.99. The van der Waals surface area contributed by atoms with Crippen molar-refractivity contribution in [3.63, 3.8) is 0 Å². The van der Waals surface area contributed by atoms with E-state index in [-0.39, 0.29) is 6.03 Å². The smallest absolute Gasteiger partial charge is 0.319 e. The van der Waals surface area contributed by atoms with Gasteiger partial charge in [0.05, 0.1) is 16.8 Å². The number of nitriles is 1. The van der Waals surface area contributed by atoms with Gasteiger partial charge < -0.3 is 14.7 Å². The van der Waals surface area contributed by atoms with Gasteiger partial charge in [-0.3, -0.25) is 4.98 Å². The SMILES string of the molecule is Cc1cc(C)c2ncc(C#N)c(N3CCN(C(=O)N(C)C)CC3)c2c1. The average Bonchev–Trinajstić information content (AvgIpc) is 2.60. The summed E-state index contributed by atoms with van der Waals surface area (Å²) in [5.41, 5.74) is 4.74. The van der Waals surface area contributed by atoms with Gasteiger partial charge in [0.25, 0.3) is 0 Å². The highest BCUT2D eigenvalue weighted by Gasteiger charge is 2.25. The maximum atomic E-state index is 12.1. The third-order valence-corrected chi connectivity index (χ3v) is 4.65. The summed E-state index contributed by atoms with van der Waals surface area (Å²) in [7, 11) is 3.54. The molecule has 6 nitrogen and oxygen atoms in total. The Morgan fingerprint density at radius 3 is 2.48 bits per heavy atom. The van der Waals surface area contributed by atoms with E-state index < -0.39 is 0 Å². The number of amides is 2. The zero-order valence-corrected chi connectivity index (χ0v) is 15.2. The van der Waals surface area contributed by atoms with Crippen LogP contribution in [0.3, 0.4) is 0 Å². The van der Waals surface area contributed by atoms with Crippen LogP contribution in [-0.4, -0.2) is 61.1 Å². The molecule has 1 aliphatic rings. The summed E-state index contributed by atoms with van der Waals surface area (Å²) in [6, 6.07) is 6.53. The Morgan fingerprint density at radius 2 is 1.88 bits per heavy atom. The zero-order chi connectivity index (χ0) is 18.1. The normalized spacial score (nSPS) is 14.5. The summed E-state index contributed by atoms with van der Waals surface area (Å²) < 4.78 is 0. The number of aryl methyl sites for hydroxylation is 2. The maximum Gasteiger partial charge on any atom is 0.319 e. The Morgan fingerprint density at radius 1 is 1.20 bits per heavy atom. The van der Waals surface area contributed by atoms with E-state index in [1.54, 1.807) is 25.2 Å². The second kappa shape index (κ2) is 6.60. The predicted octanol–water partition coefficient (Wildman–Crippen LogP) is 2.53. The van der Waals surface area contributed by atoms with E-state index >= 15 is 0 Å². The number of piperazine rings is 1. The molecule has 0 atom stereocenters. The maximum absolute atomic E-state index is 12.1. The number of pyridine rings is 1. The number of aromatic nitrogens is 1. The van der Waals surface area contributed by atoms with E-state index in [9.17, 15) is 10.1 Å². The van der Waals surface area contributed by atoms with Crippen molar-refractivity contribution in [3.8, 4) is 6.07 Å². The highest BCUT2D eigenvalue weighted by Crippen LogP contribution is 2.32. The van der Waals surface area contributed by atoms with Gasteiger partial charge in [0.1, 0.15) is 6.07 Å². The molecule has 25 heavy (non-hydrogen) atoms. The number of anilines is 1. The number of rotatable bonds is 1. The highest BCUT2D eigenvalue weighted by molar-refractivity contribution is 5.96. The van der Waals surface area contributed by atoms with E-state index in [2.05, 4.69) is 35.0 Å². The lowest BCUT2D eigenvalue weighted by Gasteiger charge is -2.37. The predicted molar refractivity (Wildman–Crippen MR) is 98.8 cm³/mol. The van der Waals surface area contributed by atoms with E-state index in [1.807, 2.05) is 11.8 Å². The van der Waals surface area contributed by atoms with Crippen molar-refractivity contribution in [2.24, 2.45) is 0 Å². The van der Waals surface area contributed by atoms with Crippen molar-refractivity contribution in [1.29, 1.82) is 5.26 Å². The van der Waals surface area contributed by atoms with E-state index in [4.69, 9.17) is 0 Å². The molecule has 0 unspecified atom stereocenters. The molecule has 0 spiro atoms. The minimum absolute atomic E-state index is 0.0337. The second-order valence-corrected chi connectivity index (χ2v) is 6.76. The number of carbonyl (C=O) groups excluding carboxylic acids is 1. The molecule has 0 radical (unpaired) electrons. The van der Waals surface area contributed by atoms with Crippen LogP contribution >= 0.6 is 0 Å². The molecule has 0 saturated carbocycles. The van der Waals surface area contributed by atoms with Crippen LogP contribution < -0.4 is 4.90 Å². The van der Waals surface area contributed by atoms with Gasteiger partial charge in [-0.1, -0.05) is 11.6 Å². The Labute approximate surface area is 148 Å². The molecule has 0 aliphatic carbocycles. The lowest BCUT2D eigenvalue weighted by atomic mass is 10.0. The fourth-order valence-electron chi connectivity index (χ4n) is 3.47.